The highest BCUT2D eigenvalue weighted by Gasteiger charge is 2.10. The van der Waals surface area contributed by atoms with Crippen molar-refractivity contribution in [1.82, 2.24) is 10.4 Å². The van der Waals surface area contributed by atoms with Gasteiger partial charge in [-0.15, -0.1) is 0 Å². The fourth-order valence-electron chi connectivity index (χ4n) is 1.72. The second kappa shape index (κ2) is 7.44. The molecule has 1 heterocycles. The number of carbonyl (C=O) groups is 1. The van der Waals surface area contributed by atoms with Crippen LogP contribution in [0, 0.1) is 6.92 Å². The van der Waals surface area contributed by atoms with Crippen molar-refractivity contribution >= 4 is 11.6 Å². The normalized spacial score (nSPS) is 10.9. The van der Waals surface area contributed by atoms with E-state index in [-0.39, 0.29) is 30.6 Å². The summed E-state index contributed by atoms with van der Waals surface area (Å²) >= 11 is 0. The number of benzene rings is 1. The lowest BCUT2D eigenvalue weighted by atomic mass is 10.1. The van der Waals surface area contributed by atoms with Crippen LogP contribution in [0.25, 0.3) is 0 Å². The van der Waals surface area contributed by atoms with Gasteiger partial charge in [-0.05, 0) is 36.8 Å². The van der Waals surface area contributed by atoms with Gasteiger partial charge in [-0.1, -0.05) is 0 Å². The van der Waals surface area contributed by atoms with E-state index in [0.717, 1.165) is 11.4 Å². The first-order valence-corrected chi connectivity index (χ1v) is 6.22. The summed E-state index contributed by atoms with van der Waals surface area (Å²) in [4.78, 5) is 14.8. The fraction of sp³-hybridized carbons (Fsp3) is 0.214. The van der Waals surface area contributed by atoms with Crippen LogP contribution in [0.4, 0.5) is 0 Å². The van der Waals surface area contributed by atoms with Crippen molar-refractivity contribution in [2.45, 2.75) is 20.4 Å². The molecule has 0 saturated carbocycles. The molecule has 0 fully saturated rings. The first kappa shape index (κ1) is 16.7. The number of phenolic OH excluding ortho intramolecular Hbond substituents is 1. The Morgan fingerprint density at radius 1 is 1.38 bits per heavy atom. The number of nitrogens with one attached hydrogen (secondary N) is 2. The summed E-state index contributed by atoms with van der Waals surface area (Å²) in [5.41, 5.74) is 4.03. The molecule has 7 heteroatoms. The summed E-state index contributed by atoms with van der Waals surface area (Å²) in [6, 6.07) is 6.64. The molecular formula is C14H17ClN4O2. The molecule has 2 aromatic rings. The maximum absolute atomic E-state index is 11.8. The van der Waals surface area contributed by atoms with Gasteiger partial charge in [-0.2, -0.15) is 5.10 Å². The second-order valence-corrected chi connectivity index (χ2v) is 4.45. The summed E-state index contributed by atoms with van der Waals surface area (Å²) < 4.78 is 1.79. The number of aryl methyl sites for hydroxylation is 1. The van der Waals surface area contributed by atoms with Crippen molar-refractivity contribution in [2.75, 3.05) is 0 Å². The number of rotatable bonds is 4. The molecule has 0 bridgehead atoms. The molecule has 21 heavy (non-hydrogen) atoms. The molecule has 0 radical (unpaired) electrons. The van der Waals surface area contributed by atoms with Crippen molar-refractivity contribution in [3.63, 3.8) is 0 Å². The molecule has 0 atom stereocenters. The van der Waals surface area contributed by atoms with Gasteiger partial charge >= 0.3 is 0 Å². The molecule has 1 aromatic heterocycles. The van der Waals surface area contributed by atoms with Gasteiger partial charge in [0.1, 0.15) is 18.1 Å². The molecule has 112 valence electrons. The molecule has 2 rings (SSSR count). The highest BCUT2D eigenvalue weighted by Crippen LogP contribution is 2.10. The fourth-order valence-corrected chi connectivity index (χ4v) is 1.72. The third-order valence-electron chi connectivity index (χ3n) is 2.92. The monoisotopic (exact) mass is 308 g/mol. The van der Waals surface area contributed by atoms with Crippen LogP contribution in [0.3, 0.4) is 0 Å². The number of imidazole rings is 1. The van der Waals surface area contributed by atoms with Gasteiger partial charge < -0.3 is 17.5 Å². The summed E-state index contributed by atoms with van der Waals surface area (Å²) in [5, 5.41) is 13.3. The van der Waals surface area contributed by atoms with Gasteiger partial charge in [-0.3, -0.25) is 4.79 Å². The Bertz CT molecular complexity index is 635. The molecule has 6 nitrogen and oxygen atoms in total. The van der Waals surface area contributed by atoms with E-state index in [0.29, 0.717) is 5.71 Å². The predicted octanol–water partition coefficient (Wildman–Crippen LogP) is -2.14. The number of H-pyrrole nitrogens is 1. The minimum absolute atomic E-state index is 0. The number of phenols is 1. The smallest absolute Gasteiger partial charge is 0.282 e. The SMILES string of the molecule is CC(=NNC(=O)C[n+]1cc[nH]c1C)c1ccc(O)cc1.[Cl-]. The first-order chi connectivity index (χ1) is 9.56. The van der Waals surface area contributed by atoms with Gasteiger partial charge in [0.2, 0.25) is 0 Å². The Morgan fingerprint density at radius 3 is 2.62 bits per heavy atom. The Hall–Kier alpha value is -2.34. The Kier molecular flexibility index (Phi) is 5.92. The van der Waals surface area contributed by atoms with Crippen LogP contribution in [0.1, 0.15) is 18.3 Å². The summed E-state index contributed by atoms with van der Waals surface area (Å²) in [6.45, 7) is 3.89. The molecule has 0 saturated heterocycles. The van der Waals surface area contributed by atoms with E-state index in [1.807, 2.05) is 6.92 Å². The highest BCUT2D eigenvalue weighted by atomic mass is 35.5. The maximum Gasteiger partial charge on any atom is 0.282 e. The highest BCUT2D eigenvalue weighted by molar-refractivity contribution is 5.99. The number of carbonyl (C=O) groups excluding carboxylic acids is 1. The number of aromatic nitrogens is 2. The molecule has 0 aliphatic carbocycles. The lowest BCUT2D eigenvalue weighted by molar-refractivity contribution is -0.689. The van der Waals surface area contributed by atoms with Crippen LogP contribution in [-0.2, 0) is 11.3 Å². The predicted molar refractivity (Wildman–Crippen MR) is 74.2 cm³/mol. The van der Waals surface area contributed by atoms with Crippen LogP contribution < -0.4 is 22.4 Å². The number of nitrogens with zero attached hydrogens (tertiary/aromatic N) is 2. The summed E-state index contributed by atoms with van der Waals surface area (Å²) in [5.74, 6) is 0.903. The topological polar surface area (TPSA) is 81.4 Å². The second-order valence-electron chi connectivity index (χ2n) is 4.45. The quantitative estimate of drug-likeness (QED) is 0.342. The zero-order chi connectivity index (χ0) is 14.5. The van der Waals surface area contributed by atoms with Gasteiger partial charge in [0.15, 0.2) is 6.54 Å². The molecule has 1 amide bonds. The van der Waals surface area contributed by atoms with Crippen LogP contribution in [0.2, 0.25) is 0 Å². The molecule has 0 aliphatic rings. The van der Waals surface area contributed by atoms with Crippen LogP contribution in [0.15, 0.2) is 41.8 Å². The van der Waals surface area contributed by atoms with Crippen molar-refractivity contribution < 1.29 is 26.9 Å². The number of hydrogen-bond donors (Lipinski definition) is 3. The maximum atomic E-state index is 11.8. The van der Waals surface area contributed by atoms with E-state index >= 15 is 0 Å². The minimum atomic E-state index is -0.198. The van der Waals surface area contributed by atoms with Crippen molar-refractivity contribution in [2.24, 2.45) is 5.10 Å². The largest absolute Gasteiger partial charge is 1.00 e. The first-order valence-electron chi connectivity index (χ1n) is 6.22. The third kappa shape index (κ3) is 4.61. The molecule has 1 aromatic carbocycles. The number of hydrazone groups is 1. The van der Waals surface area contributed by atoms with Crippen LogP contribution in [0.5, 0.6) is 5.75 Å². The van der Waals surface area contributed by atoms with Crippen molar-refractivity contribution in [3.8, 4) is 5.75 Å². The molecular weight excluding hydrogens is 292 g/mol. The van der Waals surface area contributed by atoms with Crippen LogP contribution >= 0.6 is 0 Å². The summed E-state index contributed by atoms with van der Waals surface area (Å²) in [6.07, 6.45) is 3.57. The standard InChI is InChI=1S/C14H16N4O2.ClH/c1-10(12-3-5-13(19)6-4-12)16-17-14(20)9-18-8-7-15-11(18)2;/h3-8H,9H2,1-2H3,(H2,16,17,19,20);1H. The van der Waals surface area contributed by atoms with Gasteiger partial charge in [-0.25, -0.2) is 15.0 Å². The van der Waals surface area contributed by atoms with E-state index in [9.17, 15) is 9.90 Å². The van der Waals surface area contributed by atoms with E-state index in [2.05, 4.69) is 15.5 Å². The average Bonchev–Trinajstić information content (AvgIpc) is 2.82. The van der Waals surface area contributed by atoms with Gasteiger partial charge in [0.25, 0.3) is 11.7 Å². The van der Waals surface area contributed by atoms with Gasteiger partial charge in [0.05, 0.1) is 5.71 Å². The molecule has 0 unspecified atom stereocenters. The zero-order valence-corrected chi connectivity index (χ0v) is 12.6. The lowest BCUT2D eigenvalue weighted by Crippen LogP contribution is -3.00. The number of hydrogen-bond acceptors (Lipinski definition) is 3. The van der Waals surface area contributed by atoms with E-state index < -0.39 is 0 Å². The zero-order valence-electron chi connectivity index (χ0n) is 11.8. The number of aromatic amines is 1. The van der Waals surface area contributed by atoms with Gasteiger partial charge in [0, 0.05) is 6.92 Å². The minimum Gasteiger partial charge on any atom is -1.00 e. The molecule has 3 N–H and O–H groups in total. The lowest BCUT2D eigenvalue weighted by Gasteiger charge is -2.02. The Morgan fingerprint density at radius 2 is 2.05 bits per heavy atom. The number of aromatic hydroxyl groups is 1. The van der Waals surface area contributed by atoms with E-state index in [4.69, 9.17) is 0 Å². The van der Waals surface area contributed by atoms with Crippen molar-refractivity contribution in [1.29, 1.82) is 0 Å². The Labute approximate surface area is 128 Å². The van der Waals surface area contributed by atoms with E-state index in [1.165, 1.54) is 0 Å². The third-order valence-corrected chi connectivity index (χ3v) is 2.92. The average molecular weight is 309 g/mol. The molecule has 0 spiro atoms. The number of amides is 1. The van der Waals surface area contributed by atoms with Crippen molar-refractivity contribution in [3.05, 3.63) is 48.0 Å². The van der Waals surface area contributed by atoms with Crippen LogP contribution in [-0.4, -0.2) is 21.7 Å². The summed E-state index contributed by atoms with van der Waals surface area (Å²) in [7, 11) is 0. The van der Waals surface area contributed by atoms with E-state index in [1.54, 1.807) is 48.1 Å². The number of halogens is 1. The molecule has 0 aliphatic heterocycles. The Balaban J connectivity index is 0.00000220.